The fourth-order valence-electron chi connectivity index (χ4n) is 5.45. The third-order valence-electron chi connectivity index (χ3n) is 7.35. The highest BCUT2D eigenvalue weighted by Crippen LogP contribution is 2.33. The highest BCUT2D eigenvalue weighted by atomic mass is 16.1. The lowest BCUT2D eigenvalue weighted by atomic mass is 9.95. The van der Waals surface area contributed by atoms with Gasteiger partial charge in [-0.25, -0.2) is 0 Å². The fourth-order valence-corrected chi connectivity index (χ4v) is 5.45. The van der Waals surface area contributed by atoms with Crippen LogP contribution in [0.1, 0.15) is 61.6 Å². The molecule has 3 aromatic carbocycles. The molecule has 34 heavy (non-hydrogen) atoms. The maximum Gasteiger partial charge on any atom is 0.223 e. The molecule has 1 fully saturated rings. The molecule has 0 saturated heterocycles. The van der Waals surface area contributed by atoms with Crippen LogP contribution in [0.5, 0.6) is 0 Å². The molecule has 1 aliphatic rings. The molecule has 1 N–H and O–H groups in total. The fraction of sp³-hybridized carbons (Fsp3) is 0.406. The molecular formula is C32H39NO. The van der Waals surface area contributed by atoms with E-state index < -0.39 is 0 Å². The number of carbonyl (C=O) groups is 1. The maximum absolute atomic E-state index is 13.2. The van der Waals surface area contributed by atoms with Crippen molar-refractivity contribution in [3.63, 3.8) is 0 Å². The predicted octanol–water partition coefficient (Wildman–Crippen LogP) is 7.18. The summed E-state index contributed by atoms with van der Waals surface area (Å²) in [5, 5.41) is 3.48. The summed E-state index contributed by atoms with van der Waals surface area (Å²) >= 11 is 0. The molecule has 0 aliphatic heterocycles. The van der Waals surface area contributed by atoms with Crippen LogP contribution in [-0.2, 0) is 24.1 Å². The van der Waals surface area contributed by atoms with Crippen molar-refractivity contribution < 1.29 is 4.79 Å². The van der Waals surface area contributed by atoms with Gasteiger partial charge in [0.2, 0.25) is 5.91 Å². The van der Waals surface area contributed by atoms with Gasteiger partial charge in [-0.2, -0.15) is 0 Å². The minimum Gasteiger partial charge on any atom is -0.353 e. The molecule has 0 radical (unpaired) electrons. The van der Waals surface area contributed by atoms with Gasteiger partial charge >= 0.3 is 0 Å². The van der Waals surface area contributed by atoms with Gasteiger partial charge in [0.25, 0.3) is 0 Å². The highest BCUT2D eigenvalue weighted by molar-refractivity contribution is 5.79. The first-order valence-corrected chi connectivity index (χ1v) is 13.2. The topological polar surface area (TPSA) is 29.1 Å². The van der Waals surface area contributed by atoms with E-state index in [1.54, 1.807) is 0 Å². The van der Waals surface area contributed by atoms with E-state index in [2.05, 4.69) is 96.3 Å². The molecule has 1 amide bonds. The number of aryl methyl sites for hydroxylation is 2. The van der Waals surface area contributed by atoms with Crippen molar-refractivity contribution in [1.29, 1.82) is 0 Å². The molecule has 178 valence electrons. The lowest BCUT2D eigenvalue weighted by molar-refractivity contribution is -0.125. The third-order valence-corrected chi connectivity index (χ3v) is 7.35. The van der Waals surface area contributed by atoms with Crippen molar-refractivity contribution in [2.45, 2.75) is 70.3 Å². The summed E-state index contributed by atoms with van der Waals surface area (Å²) in [6.07, 6.45) is 10.8. The van der Waals surface area contributed by atoms with Crippen LogP contribution in [-0.4, -0.2) is 11.9 Å². The maximum atomic E-state index is 13.2. The van der Waals surface area contributed by atoms with Crippen LogP contribution >= 0.6 is 0 Å². The van der Waals surface area contributed by atoms with E-state index in [9.17, 15) is 4.79 Å². The molecule has 2 nitrogen and oxygen atoms in total. The number of benzene rings is 3. The van der Waals surface area contributed by atoms with Crippen molar-refractivity contribution in [1.82, 2.24) is 5.32 Å². The SMILES string of the molecule is O=C(NC(CCCc1ccccc1)CCCc1ccccc1)C1CC[C@H](Cc2ccccc2)C1. The molecule has 1 aliphatic carbocycles. The van der Waals surface area contributed by atoms with E-state index in [1.165, 1.54) is 23.1 Å². The third kappa shape index (κ3) is 7.87. The summed E-state index contributed by atoms with van der Waals surface area (Å²) in [5.41, 5.74) is 4.17. The Morgan fingerprint density at radius 2 is 1.21 bits per heavy atom. The van der Waals surface area contributed by atoms with Gasteiger partial charge in [-0.1, -0.05) is 91.0 Å². The number of rotatable bonds is 12. The Morgan fingerprint density at radius 1 is 0.706 bits per heavy atom. The van der Waals surface area contributed by atoms with Crippen LogP contribution in [0.4, 0.5) is 0 Å². The standard InChI is InChI=1S/C32H39NO/c34-32(30-23-22-29(25-30)24-28-16-8-3-9-17-28)33-31(20-10-18-26-12-4-1-5-13-26)21-11-19-27-14-6-2-7-15-27/h1-9,12-17,29-31H,10-11,18-25H2,(H,33,34)/t29-,30?/m1/s1. The Morgan fingerprint density at radius 3 is 1.74 bits per heavy atom. The monoisotopic (exact) mass is 453 g/mol. The Kier molecular flexibility index (Phi) is 9.37. The first-order valence-electron chi connectivity index (χ1n) is 13.2. The average Bonchev–Trinajstić information content (AvgIpc) is 3.34. The molecule has 0 heterocycles. The number of carbonyl (C=O) groups excluding carboxylic acids is 1. The summed E-state index contributed by atoms with van der Waals surface area (Å²) in [6, 6.07) is 32.4. The first-order chi connectivity index (χ1) is 16.8. The molecule has 0 bridgehead atoms. The van der Waals surface area contributed by atoms with E-state index in [1.807, 2.05) is 0 Å². The van der Waals surface area contributed by atoms with Crippen LogP contribution < -0.4 is 5.32 Å². The van der Waals surface area contributed by atoms with Crippen molar-refractivity contribution in [3.05, 3.63) is 108 Å². The van der Waals surface area contributed by atoms with Gasteiger partial charge < -0.3 is 5.32 Å². The van der Waals surface area contributed by atoms with E-state index in [-0.39, 0.29) is 12.0 Å². The molecule has 0 spiro atoms. The summed E-state index contributed by atoms with van der Waals surface area (Å²) in [6.45, 7) is 0. The molecule has 2 atom stereocenters. The molecule has 4 rings (SSSR count). The largest absolute Gasteiger partial charge is 0.353 e. The number of hydrogen-bond donors (Lipinski definition) is 1. The summed E-state index contributed by atoms with van der Waals surface area (Å²) in [5.74, 6) is 1.10. The second kappa shape index (κ2) is 13.1. The Hall–Kier alpha value is -2.87. The second-order valence-corrected chi connectivity index (χ2v) is 10.0. The lowest BCUT2D eigenvalue weighted by Gasteiger charge is -2.21. The Balaban J connectivity index is 1.27. The molecule has 1 saturated carbocycles. The van der Waals surface area contributed by atoms with Crippen molar-refractivity contribution in [2.75, 3.05) is 0 Å². The minimum absolute atomic E-state index is 0.180. The quantitative estimate of drug-likeness (QED) is 0.309. The second-order valence-electron chi connectivity index (χ2n) is 10.0. The number of amides is 1. The first kappa shape index (κ1) is 24.3. The van der Waals surface area contributed by atoms with Crippen molar-refractivity contribution >= 4 is 5.91 Å². The number of hydrogen-bond acceptors (Lipinski definition) is 1. The van der Waals surface area contributed by atoms with Gasteiger partial charge in [0.1, 0.15) is 0 Å². The van der Waals surface area contributed by atoms with Crippen LogP contribution in [0.3, 0.4) is 0 Å². The Bertz CT molecular complexity index is 924. The molecule has 0 aromatic heterocycles. The van der Waals surface area contributed by atoms with E-state index in [4.69, 9.17) is 0 Å². The van der Waals surface area contributed by atoms with E-state index in [0.29, 0.717) is 11.8 Å². The lowest BCUT2D eigenvalue weighted by Crippen LogP contribution is -2.38. The Labute approximate surface area is 205 Å². The van der Waals surface area contributed by atoms with Gasteiger partial charge in [-0.15, -0.1) is 0 Å². The summed E-state index contributed by atoms with van der Waals surface area (Å²) < 4.78 is 0. The predicted molar refractivity (Wildman–Crippen MR) is 142 cm³/mol. The van der Waals surface area contributed by atoms with Gasteiger partial charge in [0.05, 0.1) is 0 Å². The van der Waals surface area contributed by atoms with Crippen molar-refractivity contribution in [2.24, 2.45) is 11.8 Å². The minimum atomic E-state index is 0.180. The molecule has 2 heteroatoms. The zero-order chi connectivity index (χ0) is 23.4. The molecule has 1 unspecified atom stereocenters. The smallest absolute Gasteiger partial charge is 0.223 e. The van der Waals surface area contributed by atoms with E-state index >= 15 is 0 Å². The van der Waals surface area contributed by atoms with Gasteiger partial charge in [0, 0.05) is 12.0 Å². The van der Waals surface area contributed by atoms with Crippen LogP contribution in [0.2, 0.25) is 0 Å². The van der Waals surface area contributed by atoms with Gasteiger partial charge in [-0.05, 0) is 86.8 Å². The zero-order valence-corrected chi connectivity index (χ0v) is 20.4. The summed E-state index contributed by atoms with van der Waals surface area (Å²) in [4.78, 5) is 13.2. The van der Waals surface area contributed by atoms with Crippen LogP contribution in [0, 0.1) is 11.8 Å². The van der Waals surface area contributed by atoms with E-state index in [0.717, 1.165) is 57.8 Å². The zero-order valence-electron chi connectivity index (χ0n) is 20.4. The highest BCUT2D eigenvalue weighted by Gasteiger charge is 2.30. The van der Waals surface area contributed by atoms with Gasteiger partial charge in [-0.3, -0.25) is 4.79 Å². The molecular weight excluding hydrogens is 414 g/mol. The van der Waals surface area contributed by atoms with Gasteiger partial charge in [0.15, 0.2) is 0 Å². The van der Waals surface area contributed by atoms with Crippen LogP contribution in [0.25, 0.3) is 0 Å². The van der Waals surface area contributed by atoms with Crippen LogP contribution in [0.15, 0.2) is 91.0 Å². The average molecular weight is 454 g/mol. The van der Waals surface area contributed by atoms with Crippen molar-refractivity contribution in [3.8, 4) is 0 Å². The molecule has 3 aromatic rings. The normalized spacial score (nSPS) is 17.7. The number of nitrogens with one attached hydrogen (secondary N) is 1. The summed E-state index contributed by atoms with van der Waals surface area (Å²) in [7, 11) is 0.